The van der Waals surface area contributed by atoms with Crippen molar-refractivity contribution >= 4 is 10.9 Å². The maximum absolute atomic E-state index is 12.4. The maximum Gasteiger partial charge on any atom is 0.274 e. The van der Waals surface area contributed by atoms with Gasteiger partial charge in [0.15, 0.2) is 5.72 Å². The van der Waals surface area contributed by atoms with Gasteiger partial charge in [-0.25, -0.2) is 0 Å². The fraction of sp³-hybridized carbons (Fsp3) is 0.667. The molecule has 0 radical (unpaired) electrons. The Balaban J connectivity index is 1.48. The van der Waals surface area contributed by atoms with Crippen molar-refractivity contribution < 1.29 is 4.74 Å². The second kappa shape index (κ2) is 5.93. The number of fused-ring (bicyclic) bond motifs is 3. The van der Waals surface area contributed by atoms with E-state index in [1.54, 1.807) is 4.57 Å². The fourth-order valence-corrected chi connectivity index (χ4v) is 5.84. The zero-order chi connectivity index (χ0) is 18.9. The van der Waals surface area contributed by atoms with Crippen molar-refractivity contribution in [2.45, 2.75) is 69.4 Å². The molecule has 3 aliphatic heterocycles. The minimum absolute atomic E-state index is 0.0143. The van der Waals surface area contributed by atoms with Crippen molar-refractivity contribution in [2.24, 2.45) is 7.05 Å². The van der Waals surface area contributed by atoms with Crippen molar-refractivity contribution in [2.75, 3.05) is 13.7 Å². The molecule has 6 nitrogen and oxygen atoms in total. The number of hydrogen-bond donors (Lipinski definition) is 1. The number of epoxide rings is 1. The van der Waals surface area contributed by atoms with Crippen molar-refractivity contribution in [3.63, 3.8) is 0 Å². The third-order valence-corrected chi connectivity index (χ3v) is 7.21. The van der Waals surface area contributed by atoms with Crippen molar-refractivity contribution in [3.8, 4) is 0 Å². The lowest BCUT2D eigenvalue weighted by molar-refractivity contribution is -0.00411. The minimum Gasteiger partial charge on any atom is -0.357 e. The summed E-state index contributed by atoms with van der Waals surface area (Å²) in [5.74, 6) is 0. The molecule has 6 heteroatoms. The van der Waals surface area contributed by atoms with Gasteiger partial charge in [0.1, 0.15) is 5.52 Å². The second-order valence-electron chi connectivity index (χ2n) is 8.96. The Labute approximate surface area is 160 Å². The van der Waals surface area contributed by atoms with E-state index in [0.717, 1.165) is 10.9 Å². The normalized spacial score (nSPS) is 33.5. The predicted molar refractivity (Wildman–Crippen MR) is 106 cm³/mol. The summed E-state index contributed by atoms with van der Waals surface area (Å²) in [6, 6.07) is 4.54. The summed E-state index contributed by atoms with van der Waals surface area (Å²) in [7, 11) is 4.04. The van der Waals surface area contributed by atoms with Crippen LogP contribution in [0.4, 0.5) is 0 Å². The molecule has 2 aromatic rings. The molecule has 0 amide bonds. The number of hydrogen-bond acceptors (Lipinski definition) is 4. The third-order valence-electron chi connectivity index (χ3n) is 7.21. The highest BCUT2D eigenvalue weighted by Crippen LogP contribution is 2.48. The van der Waals surface area contributed by atoms with Crippen LogP contribution in [-0.4, -0.2) is 57.2 Å². The zero-order valence-corrected chi connectivity index (χ0v) is 16.7. The van der Waals surface area contributed by atoms with Gasteiger partial charge in [-0.15, -0.1) is 0 Å². The van der Waals surface area contributed by atoms with Gasteiger partial charge in [0.05, 0.1) is 6.61 Å². The molecule has 3 atom stereocenters. The quantitative estimate of drug-likeness (QED) is 0.840. The summed E-state index contributed by atoms with van der Waals surface area (Å²) in [4.78, 5) is 20.7. The van der Waals surface area contributed by atoms with Crippen LogP contribution < -0.4 is 5.56 Å². The molecular formula is C21H30N4O2. The molecule has 0 aliphatic carbocycles. The van der Waals surface area contributed by atoms with Gasteiger partial charge in [-0.3, -0.25) is 14.6 Å². The van der Waals surface area contributed by atoms with E-state index in [-0.39, 0.29) is 5.56 Å². The standard InChI is InChI=1S/C21H30N4O2/c1-13(2)25-14-5-6-15(25)10-16(9-14)24(4)21(12-27-21)18-11-23(3)20(26)19-17(18)7-8-22-19/h7-8,11,13-16,22H,5-6,9-10,12H2,1-4H3. The largest absolute Gasteiger partial charge is 0.357 e. The molecule has 0 spiro atoms. The van der Waals surface area contributed by atoms with Crippen LogP contribution in [0.25, 0.3) is 10.9 Å². The van der Waals surface area contributed by atoms with Gasteiger partial charge in [-0.2, -0.15) is 0 Å². The van der Waals surface area contributed by atoms with Gasteiger partial charge >= 0.3 is 0 Å². The third kappa shape index (κ3) is 2.46. The first-order valence-corrected chi connectivity index (χ1v) is 10.2. The summed E-state index contributed by atoms with van der Waals surface area (Å²) in [6.07, 6.45) is 8.88. The molecule has 5 heterocycles. The maximum atomic E-state index is 12.4. The molecule has 2 bridgehead atoms. The summed E-state index contributed by atoms with van der Waals surface area (Å²) in [5, 5.41) is 0.991. The van der Waals surface area contributed by atoms with Gasteiger partial charge in [-0.05, 0) is 52.6 Å². The Morgan fingerprint density at radius 1 is 1.30 bits per heavy atom. The van der Waals surface area contributed by atoms with Crippen LogP contribution in [0.3, 0.4) is 0 Å². The molecule has 1 N–H and O–H groups in total. The van der Waals surface area contributed by atoms with Gasteiger partial charge < -0.3 is 14.3 Å². The van der Waals surface area contributed by atoms with E-state index in [4.69, 9.17) is 4.74 Å². The first-order valence-electron chi connectivity index (χ1n) is 10.2. The first kappa shape index (κ1) is 17.5. The number of nitrogens with one attached hydrogen (secondary N) is 1. The van der Waals surface area contributed by atoms with Gasteiger partial charge in [0.2, 0.25) is 0 Å². The lowest BCUT2D eigenvalue weighted by atomic mass is 9.92. The number of ether oxygens (including phenoxy) is 1. The molecule has 27 heavy (non-hydrogen) atoms. The summed E-state index contributed by atoms with van der Waals surface area (Å²) < 4.78 is 7.79. The average molecular weight is 370 g/mol. The van der Waals surface area contributed by atoms with Crippen LogP contribution in [0.15, 0.2) is 23.3 Å². The van der Waals surface area contributed by atoms with E-state index < -0.39 is 5.72 Å². The van der Waals surface area contributed by atoms with Gasteiger partial charge in [0, 0.05) is 54.6 Å². The lowest BCUT2D eigenvalue weighted by Crippen LogP contribution is -2.54. The van der Waals surface area contributed by atoms with Crippen molar-refractivity contribution in [3.05, 3.63) is 34.4 Å². The Morgan fingerprint density at radius 3 is 2.56 bits per heavy atom. The highest BCUT2D eigenvalue weighted by molar-refractivity contribution is 5.83. The van der Waals surface area contributed by atoms with Gasteiger partial charge in [-0.1, -0.05) is 0 Å². The molecular weight excluding hydrogens is 340 g/mol. The molecule has 2 aromatic heterocycles. The smallest absolute Gasteiger partial charge is 0.274 e. The van der Waals surface area contributed by atoms with Crippen LogP contribution in [0.5, 0.6) is 0 Å². The highest BCUT2D eigenvalue weighted by atomic mass is 16.6. The van der Waals surface area contributed by atoms with Crippen LogP contribution in [0.1, 0.15) is 45.1 Å². The van der Waals surface area contributed by atoms with E-state index in [0.29, 0.717) is 36.3 Å². The number of H-pyrrole nitrogens is 1. The number of rotatable bonds is 4. The fourth-order valence-electron chi connectivity index (χ4n) is 5.84. The molecule has 146 valence electrons. The first-order chi connectivity index (χ1) is 12.9. The lowest BCUT2D eigenvalue weighted by Gasteiger charge is -2.45. The minimum atomic E-state index is -0.393. The van der Waals surface area contributed by atoms with E-state index in [9.17, 15) is 4.79 Å². The van der Waals surface area contributed by atoms with Crippen LogP contribution >= 0.6 is 0 Å². The zero-order valence-electron chi connectivity index (χ0n) is 16.7. The van der Waals surface area contributed by atoms with E-state index >= 15 is 0 Å². The molecule has 0 saturated carbocycles. The van der Waals surface area contributed by atoms with E-state index in [1.807, 2.05) is 25.5 Å². The van der Waals surface area contributed by atoms with Crippen molar-refractivity contribution in [1.29, 1.82) is 0 Å². The molecule has 3 fully saturated rings. The average Bonchev–Trinajstić information content (AvgIpc) is 3.21. The Kier molecular flexibility index (Phi) is 3.84. The SMILES string of the molecule is CC(C)N1C2CCC1CC(N(C)C1(c3cn(C)c(=O)c4[nH]ccc34)CO1)C2. The van der Waals surface area contributed by atoms with E-state index in [2.05, 4.69) is 35.7 Å². The van der Waals surface area contributed by atoms with Crippen LogP contribution in [-0.2, 0) is 17.5 Å². The number of pyridine rings is 1. The predicted octanol–water partition coefficient (Wildman–Crippen LogP) is 2.39. The topological polar surface area (TPSA) is 56.8 Å². The van der Waals surface area contributed by atoms with E-state index in [1.165, 1.54) is 25.7 Å². The van der Waals surface area contributed by atoms with Crippen molar-refractivity contribution in [1.82, 2.24) is 19.4 Å². The van der Waals surface area contributed by atoms with Gasteiger partial charge in [0.25, 0.3) is 5.56 Å². The molecule has 0 aromatic carbocycles. The van der Waals surface area contributed by atoms with Crippen LogP contribution in [0, 0.1) is 0 Å². The highest BCUT2D eigenvalue weighted by Gasteiger charge is 2.55. The number of likely N-dealkylation sites (N-methyl/N-ethyl adjacent to an activating group) is 1. The Hall–Kier alpha value is -1.63. The number of piperidine rings is 1. The Morgan fingerprint density at radius 2 is 1.96 bits per heavy atom. The number of aromatic amines is 1. The number of nitrogens with zero attached hydrogens (tertiary/aromatic N) is 3. The molecule has 3 aliphatic rings. The molecule has 3 unspecified atom stereocenters. The summed E-state index contributed by atoms with van der Waals surface area (Å²) >= 11 is 0. The molecule has 3 saturated heterocycles. The molecule has 5 rings (SSSR count). The summed E-state index contributed by atoms with van der Waals surface area (Å²) in [5.41, 5.74) is 1.41. The summed E-state index contributed by atoms with van der Waals surface area (Å²) in [6.45, 7) is 5.35. The Bertz CT molecular complexity index is 912. The number of aryl methyl sites for hydroxylation is 1. The second-order valence-corrected chi connectivity index (χ2v) is 8.96. The number of aromatic nitrogens is 2. The van der Waals surface area contributed by atoms with Crippen LogP contribution in [0.2, 0.25) is 0 Å². The monoisotopic (exact) mass is 370 g/mol.